The molecule has 8 heteroatoms. The van der Waals surface area contributed by atoms with E-state index in [1.54, 1.807) is 6.07 Å². The first-order chi connectivity index (χ1) is 12.3. The van der Waals surface area contributed by atoms with Gasteiger partial charge in [-0.2, -0.15) is 0 Å². The zero-order valence-electron chi connectivity index (χ0n) is 14.9. The lowest BCUT2D eigenvalue weighted by atomic mass is 9.89. The highest BCUT2D eigenvalue weighted by Crippen LogP contribution is 2.20. The quantitative estimate of drug-likeness (QED) is 0.640. The fourth-order valence-electron chi connectivity index (χ4n) is 2.52. The molecule has 0 aliphatic rings. The highest BCUT2D eigenvalue weighted by molar-refractivity contribution is 7.91. The van der Waals surface area contributed by atoms with Crippen molar-refractivity contribution >= 4 is 27.4 Å². The van der Waals surface area contributed by atoms with Crippen LogP contribution in [0, 0.1) is 11.8 Å². The summed E-state index contributed by atoms with van der Waals surface area (Å²) in [6, 6.07) is 13.0. The van der Waals surface area contributed by atoms with E-state index in [1.807, 2.05) is 18.2 Å². The van der Waals surface area contributed by atoms with E-state index in [2.05, 4.69) is 36.6 Å². The summed E-state index contributed by atoms with van der Waals surface area (Å²) in [4.78, 5) is 12.8. The molecule has 0 spiro atoms. The molecule has 4 N–H and O–H groups in total. The molecule has 1 heterocycles. The summed E-state index contributed by atoms with van der Waals surface area (Å²) in [7, 11) is -3.69. The van der Waals surface area contributed by atoms with Crippen molar-refractivity contribution < 1.29 is 13.2 Å². The molecule has 2 rings (SSSR count). The minimum absolute atomic E-state index is 0.0949. The second-order valence-electron chi connectivity index (χ2n) is 6.52. The van der Waals surface area contributed by atoms with Gasteiger partial charge in [0.1, 0.15) is 4.21 Å². The molecule has 1 aromatic carbocycles. The minimum atomic E-state index is -3.69. The second kappa shape index (κ2) is 9.16. The lowest BCUT2D eigenvalue weighted by Gasteiger charge is -2.21. The van der Waals surface area contributed by atoms with Crippen LogP contribution >= 0.6 is 11.3 Å². The number of carbonyl (C=O) groups is 1. The summed E-state index contributed by atoms with van der Waals surface area (Å²) in [6.45, 7) is 5.13. The predicted octanol–water partition coefficient (Wildman–Crippen LogP) is 2.71. The fraction of sp³-hybridized carbons (Fsp3) is 0.389. The highest BCUT2D eigenvalue weighted by atomic mass is 32.2. The van der Waals surface area contributed by atoms with E-state index in [0.717, 1.165) is 22.6 Å². The first kappa shape index (κ1) is 20.4. The van der Waals surface area contributed by atoms with Crippen LogP contribution in [0.4, 0.5) is 4.79 Å². The number of hydrogen-bond acceptors (Lipinski definition) is 4. The summed E-state index contributed by atoms with van der Waals surface area (Å²) >= 11 is 1.06. The molecule has 0 fully saturated rings. The van der Waals surface area contributed by atoms with E-state index in [-0.39, 0.29) is 16.8 Å². The Bertz CT molecular complexity index is 817. The third-order valence-corrected chi connectivity index (χ3v) is 6.67. The van der Waals surface area contributed by atoms with Crippen LogP contribution in [0.15, 0.2) is 46.7 Å². The molecule has 0 aliphatic heterocycles. The molecule has 2 aromatic rings. The van der Waals surface area contributed by atoms with Gasteiger partial charge in [0.2, 0.25) is 10.0 Å². The van der Waals surface area contributed by atoms with Crippen LogP contribution in [0.2, 0.25) is 0 Å². The molecule has 0 saturated heterocycles. The maximum atomic E-state index is 12.0. The van der Waals surface area contributed by atoms with Gasteiger partial charge in [0.25, 0.3) is 0 Å². The van der Waals surface area contributed by atoms with Crippen LogP contribution in [-0.4, -0.2) is 21.0 Å². The number of benzene rings is 1. The third-order valence-electron chi connectivity index (χ3n) is 4.15. The number of urea groups is 1. The van der Waals surface area contributed by atoms with Crippen molar-refractivity contribution in [3.05, 3.63) is 52.9 Å². The van der Waals surface area contributed by atoms with Gasteiger partial charge in [-0.25, -0.2) is 18.4 Å². The zero-order chi connectivity index (χ0) is 19.2. The van der Waals surface area contributed by atoms with Crippen LogP contribution in [-0.2, 0) is 23.0 Å². The Morgan fingerprint density at radius 3 is 2.38 bits per heavy atom. The molecule has 0 aliphatic carbocycles. The highest BCUT2D eigenvalue weighted by Gasteiger charge is 2.16. The summed E-state index contributed by atoms with van der Waals surface area (Å²) in [5.74, 6) is 0.768. The smallest absolute Gasteiger partial charge is 0.315 e. The van der Waals surface area contributed by atoms with Crippen molar-refractivity contribution in [1.82, 2.24) is 10.6 Å². The lowest BCUT2D eigenvalue weighted by molar-refractivity contribution is 0.236. The standard InChI is InChI=1S/C18H25N3O3S2/c1-13(2)15(10-14-6-4-3-5-7-14)11-20-18(22)21-12-16-8-9-17(25-16)26(19,23)24/h3-9,13,15H,10-12H2,1-2H3,(H2,19,23,24)(H2,20,21,22). The molecule has 2 amide bonds. The molecule has 26 heavy (non-hydrogen) atoms. The first-order valence-corrected chi connectivity index (χ1v) is 10.8. The Balaban J connectivity index is 1.81. The number of rotatable bonds is 8. The topological polar surface area (TPSA) is 101 Å². The van der Waals surface area contributed by atoms with Gasteiger partial charge in [-0.15, -0.1) is 11.3 Å². The van der Waals surface area contributed by atoms with Crippen molar-refractivity contribution in [3.8, 4) is 0 Å². The van der Waals surface area contributed by atoms with Gasteiger partial charge >= 0.3 is 6.03 Å². The second-order valence-corrected chi connectivity index (χ2v) is 9.48. The Hall–Kier alpha value is -1.90. The van der Waals surface area contributed by atoms with Crippen molar-refractivity contribution in [2.45, 2.75) is 31.0 Å². The van der Waals surface area contributed by atoms with E-state index >= 15 is 0 Å². The normalized spacial score (nSPS) is 12.8. The number of hydrogen-bond donors (Lipinski definition) is 3. The molecule has 142 valence electrons. The van der Waals surface area contributed by atoms with Crippen LogP contribution in [0.5, 0.6) is 0 Å². The van der Waals surface area contributed by atoms with E-state index in [4.69, 9.17) is 5.14 Å². The van der Waals surface area contributed by atoms with Crippen molar-refractivity contribution in [1.29, 1.82) is 0 Å². The molecule has 1 unspecified atom stereocenters. The van der Waals surface area contributed by atoms with Gasteiger partial charge in [0.05, 0.1) is 6.54 Å². The number of nitrogens with one attached hydrogen (secondary N) is 2. The van der Waals surface area contributed by atoms with Crippen LogP contribution in [0.25, 0.3) is 0 Å². The Morgan fingerprint density at radius 2 is 1.81 bits per heavy atom. The first-order valence-electron chi connectivity index (χ1n) is 8.43. The van der Waals surface area contributed by atoms with Crippen LogP contribution < -0.4 is 15.8 Å². The third kappa shape index (κ3) is 6.44. The summed E-state index contributed by atoms with van der Waals surface area (Å²) in [6.07, 6.45) is 0.904. The lowest BCUT2D eigenvalue weighted by Crippen LogP contribution is -2.39. The molecule has 0 saturated carbocycles. The average molecular weight is 396 g/mol. The van der Waals surface area contributed by atoms with Gasteiger partial charge in [-0.05, 0) is 36.0 Å². The van der Waals surface area contributed by atoms with Crippen molar-refractivity contribution in [2.24, 2.45) is 17.0 Å². The number of carbonyl (C=O) groups excluding carboxylic acids is 1. The molecule has 1 aromatic heterocycles. The summed E-state index contributed by atoms with van der Waals surface area (Å²) < 4.78 is 22.6. The van der Waals surface area contributed by atoms with E-state index in [1.165, 1.54) is 11.6 Å². The minimum Gasteiger partial charge on any atom is -0.338 e. The van der Waals surface area contributed by atoms with Crippen molar-refractivity contribution in [3.63, 3.8) is 0 Å². The van der Waals surface area contributed by atoms with Gasteiger partial charge in [-0.1, -0.05) is 44.2 Å². The number of thiophene rings is 1. The number of sulfonamides is 1. The molecular weight excluding hydrogens is 370 g/mol. The zero-order valence-corrected chi connectivity index (χ0v) is 16.6. The monoisotopic (exact) mass is 395 g/mol. The van der Waals surface area contributed by atoms with E-state index < -0.39 is 10.0 Å². The Labute approximate surface area is 158 Å². The van der Waals surface area contributed by atoms with Crippen LogP contribution in [0.3, 0.4) is 0 Å². The summed E-state index contributed by atoms with van der Waals surface area (Å²) in [5, 5.41) is 10.7. The molecule has 0 bridgehead atoms. The molecular formula is C18H25N3O3S2. The molecule has 1 atom stereocenters. The summed E-state index contributed by atoms with van der Waals surface area (Å²) in [5.41, 5.74) is 1.25. The number of primary sulfonamides is 1. The van der Waals surface area contributed by atoms with Gasteiger partial charge in [0, 0.05) is 11.4 Å². The van der Waals surface area contributed by atoms with Gasteiger partial charge in [0.15, 0.2) is 0 Å². The van der Waals surface area contributed by atoms with Crippen molar-refractivity contribution in [2.75, 3.05) is 6.54 Å². The van der Waals surface area contributed by atoms with E-state index in [9.17, 15) is 13.2 Å². The SMILES string of the molecule is CC(C)C(CNC(=O)NCc1ccc(S(N)(=O)=O)s1)Cc1ccccc1. The Morgan fingerprint density at radius 1 is 1.12 bits per heavy atom. The predicted molar refractivity (Wildman–Crippen MR) is 104 cm³/mol. The largest absolute Gasteiger partial charge is 0.338 e. The van der Waals surface area contributed by atoms with Gasteiger partial charge < -0.3 is 10.6 Å². The van der Waals surface area contributed by atoms with Crippen LogP contribution in [0.1, 0.15) is 24.3 Å². The van der Waals surface area contributed by atoms with E-state index in [0.29, 0.717) is 18.4 Å². The number of nitrogens with two attached hydrogens (primary N) is 1. The average Bonchev–Trinajstić information content (AvgIpc) is 3.07. The molecule has 0 radical (unpaired) electrons. The maximum Gasteiger partial charge on any atom is 0.315 e. The molecule has 6 nitrogen and oxygen atoms in total. The maximum absolute atomic E-state index is 12.0. The fourth-order valence-corrected chi connectivity index (χ4v) is 4.24. The van der Waals surface area contributed by atoms with Gasteiger partial charge in [-0.3, -0.25) is 0 Å². The number of amides is 2. The Kier molecular flexibility index (Phi) is 7.19.